The zero-order chi connectivity index (χ0) is 11.3. The fourth-order valence-electron chi connectivity index (χ4n) is 1.05. The number of hydrogen-bond donors (Lipinski definition) is 0. The third kappa shape index (κ3) is 3.77. The van der Waals surface area contributed by atoms with Crippen molar-refractivity contribution in [3.05, 3.63) is 33.8 Å². The first-order valence-corrected chi connectivity index (χ1v) is 5.24. The summed E-state index contributed by atoms with van der Waals surface area (Å²) in [5.41, 5.74) is 2.02. The van der Waals surface area contributed by atoms with Gasteiger partial charge in [-0.3, -0.25) is 4.79 Å². The molecular weight excluding hydrogens is 256 g/mol. The summed E-state index contributed by atoms with van der Waals surface area (Å²) in [7, 11) is 1.36. The van der Waals surface area contributed by atoms with E-state index in [0.29, 0.717) is 0 Å². The van der Waals surface area contributed by atoms with Crippen molar-refractivity contribution in [2.45, 2.75) is 13.3 Å². The summed E-state index contributed by atoms with van der Waals surface area (Å²) in [6.07, 6.45) is 0.131. The molecule has 0 fully saturated rings. The molecule has 1 aromatic rings. The summed E-state index contributed by atoms with van der Waals surface area (Å²) in [6, 6.07) is 5.83. The van der Waals surface area contributed by atoms with Crippen molar-refractivity contribution in [2.24, 2.45) is 0 Å². The average Bonchev–Trinajstić information content (AvgIpc) is 2.21. The molecule has 0 saturated heterocycles. The van der Waals surface area contributed by atoms with E-state index in [0.717, 1.165) is 15.6 Å². The van der Waals surface area contributed by atoms with Crippen molar-refractivity contribution in [3.8, 4) is 11.8 Å². The van der Waals surface area contributed by atoms with Gasteiger partial charge in [0, 0.05) is 10.0 Å². The van der Waals surface area contributed by atoms with Crippen LogP contribution >= 0.6 is 15.9 Å². The van der Waals surface area contributed by atoms with Gasteiger partial charge in [0.05, 0.1) is 7.11 Å². The van der Waals surface area contributed by atoms with E-state index in [9.17, 15) is 4.79 Å². The molecular formula is C12H11BrO2. The van der Waals surface area contributed by atoms with E-state index in [4.69, 9.17) is 0 Å². The molecule has 0 heterocycles. The van der Waals surface area contributed by atoms with Crippen LogP contribution in [0.15, 0.2) is 22.7 Å². The van der Waals surface area contributed by atoms with Gasteiger partial charge in [0.2, 0.25) is 0 Å². The van der Waals surface area contributed by atoms with Gasteiger partial charge in [-0.15, -0.1) is 0 Å². The summed E-state index contributed by atoms with van der Waals surface area (Å²) < 4.78 is 5.51. The average molecular weight is 267 g/mol. The number of benzene rings is 1. The molecule has 0 unspecified atom stereocenters. The first-order chi connectivity index (χ1) is 7.13. The highest BCUT2D eigenvalue weighted by Gasteiger charge is 1.96. The first-order valence-electron chi connectivity index (χ1n) is 4.45. The molecule has 3 heteroatoms. The van der Waals surface area contributed by atoms with E-state index in [-0.39, 0.29) is 12.4 Å². The number of rotatable bonds is 1. The molecule has 0 N–H and O–H groups in total. The maximum absolute atomic E-state index is 10.8. The Morgan fingerprint density at radius 3 is 2.87 bits per heavy atom. The van der Waals surface area contributed by atoms with Crippen LogP contribution in [0.1, 0.15) is 17.5 Å². The molecule has 0 aliphatic carbocycles. The monoisotopic (exact) mass is 266 g/mol. The number of aryl methyl sites for hydroxylation is 1. The third-order valence-corrected chi connectivity index (χ3v) is 2.37. The Balaban J connectivity index is 2.76. The molecule has 0 aliphatic heterocycles. The Bertz CT molecular complexity index is 427. The van der Waals surface area contributed by atoms with Crippen LogP contribution < -0.4 is 0 Å². The van der Waals surface area contributed by atoms with Crippen LogP contribution in [0, 0.1) is 18.8 Å². The fourth-order valence-corrected chi connectivity index (χ4v) is 1.53. The molecule has 0 amide bonds. The lowest BCUT2D eigenvalue weighted by Gasteiger charge is -1.97. The van der Waals surface area contributed by atoms with Crippen LogP contribution in [-0.2, 0) is 9.53 Å². The van der Waals surface area contributed by atoms with E-state index in [1.807, 2.05) is 25.1 Å². The molecule has 0 aromatic heterocycles. The minimum absolute atomic E-state index is 0.131. The largest absolute Gasteiger partial charge is 0.468 e. The standard InChI is InChI=1S/C12H11BrO2/c1-9-8-11(13)7-6-10(9)4-3-5-12(14)15-2/h6-8H,5H2,1-2H3. The Kier molecular flexibility index (Phi) is 4.38. The zero-order valence-corrected chi connectivity index (χ0v) is 10.2. The lowest BCUT2D eigenvalue weighted by atomic mass is 10.1. The Hall–Kier alpha value is -1.27. The smallest absolute Gasteiger partial charge is 0.317 e. The lowest BCUT2D eigenvalue weighted by molar-refractivity contribution is -0.139. The Morgan fingerprint density at radius 1 is 1.53 bits per heavy atom. The predicted octanol–water partition coefficient (Wildman–Crippen LogP) is 2.67. The molecule has 0 spiro atoms. The van der Waals surface area contributed by atoms with Gasteiger partial charge >= 0.3 is 5.97 Å². The Labute approximate surface area is 97.8 Å². The highest BCUT2D eigenvalue weighted by Crippen LogP contribution is 2.14. The molecule has 15 heavy (non-hydrogen) atoms. The molecule has 1 aromatic carbocycles. The van der Waals surface area contributed by atoms with E-state index in [1.165, 1.54) is 7.11 Å². The van der Waals surface area contributed by atoms with E-state index < -0.39 is 0 Å². The van der Waals surface area contributed by atoms with Gasteiger partial charge in [-0.2, -0.15) is 0 Å². The van der Waals surface area contributed by atoms with Gasteiger partial charge in [-0.05, 0) is 30.7 Å². The van der Waals surface area contributed by atoms with E-state index in [1.54, 1.807) is 0 Å². The van der Waals surface area contributed by atoms with Gasteiger partial charge in [0.15, 0.2) is 0 Å². The van der Waals surface area contributed by atoms with Crippen LogP contribution in [0.3, 0.4) is 0 Å². The summed E-state index contributed by atoms with van der Waals surface area (Å²) in [5.74, 6) is 5.40. The molecule has 0 bridgehead atoms. The lowest BCUT2D eigenvalue weighted by Crippen LogP contribution is -1.97. The SMILES string of the molecule is COC(=O)CC#Cc1ccc(Br)cc1C. The van der Waals surface area contributed by atoms with Crippen molar-refractivity contribution in [2.75, 3.05) is 7.11 Å². The maximum Gasteiger partial charge on any atom is 0.317 e. The molecule has 0 aliphatic rings. The normalized spacial score (nSPS) is 9.00. The highest BCUT2D eigenvalue weighted by atomic mass is 79.9. The quantitative estimate of drug-likeness (QED) is 0.577. The second-order valence-electron chi connectivity index (χ2n) is 3.01. The van der Waals surface area contributed by atoms with Crippen LogP contribution in [0.25, 0.3) is 0 Å². The molecule has 2 nitrogen and oxygen atoms in total. The minimum Gasteiger partial charge on any atom is -0.468 e. The van der Waals surface area contributed by atoms with Crippen molar-refractivity contribution in [3.63, 3.8) is 0 Å². The number of methoxy groups -OCH3 is 1. The van der Waals surface area contributed by atoms with Gasteiger partial charge in [-0.25, -0.2) is 0 Å². The van der Waals surface area contributed by atoms with Crippen LogP contribution in [0.2, 0.25) is 0 Å². The molecule has 1 rings (SSSR count). The summed E-state index contributed by atoms with van der Waals surface area (Å²) in [4.78, 5) is 10.8. The van der Waals surface area contributed by atoms with Gasteiger partial charge in [0.1, 0.15) is 6.42 Å². The van der Waals surface area contributed by atoms with Crippen molar-refractivity contribution in [1.82, 2.24) is 0 Å². The van der Waals surface area contributed by atoms with Gasteiger partial charge in [0.25, 0.3) is 0 Å². The number of halogens is 1. The van der Waals surface area contributed by atoms with Crippen LogP contribution in [0.5, 0.6) is 0 Å². The zero-order valence-electron chi connectivity index (χ0n) is 8.63. The van der Waals surface area contributed by atoms with Gasteiger partial charge < -0.3 is 4.74 Å². The second kappa shape index (κ2) is 5.57. The second-order valence-corrected chi connectivity index (χ2v) is 3.93. The highest BCUT2D eigenvalue weighted by molar-refractivity contribution is 9.10. The summed E-state index contributed by atoms with van der Waals surface area (Å²) in [5, 5.41) is 0. The Morgan fingerprint density at radius 2 is 2.27 bits per heavy atom. The van der Waals surface area contributed by atoms with Crippen LogP contribution in [0.4, 0.5) is 0 Å². The maximum atomic E-state index is 10.8. The summed E-state index contributed by atoms with van der Waals surface area (Å²) >= 11 is 3.38. The van der Waals surface area contributed by atoms with Crippen molar-refractivity contribution >= 4 is 21.9 Å². The number of hydrogen-bond acceptors (Lipinski definition) is 2. The van der Waals surface area contributed by atoms with E-state index >= 15 is 0 Å². The number of carbonyl (C=O) groups is 1. The predicted molar refractivity (Wildman–Crippen MR) is 62.4 cm³/mol. The molecule has 0 atom stereocenters. The van der Waals surface area contributed by atoms with E-state index in [2.05, 4.69) is 32.5 Å². The molecule has 0 radical (unpaired) electrons. The number of carbonyl (C=O) groups excluding carboxylic acids is 1. The van der Waals surface area contributed by atoms with Gasteiger partial charge in [-0.1, -0.05) is 27.8 Å². The minimum atomic E-state index is -0.308. The van der Waals surface area contributed by atoms with Crippen molar-refractivity contribution < 1.29 is 9.53 Å². The first kappa shape index (κ1) is 11.8. The molecule has 78 valence electrons. The summed E-state index contributed by atoms with van der Waals surface area (Å²) in [6.45, 7) is 1.98. The molecule has 0 saturated carbocycles. The number of ether oxygens (including phenoxy) is 1. The van der Waals surface area contributed by atoms with Crippen molar-refractivity contribution in [1.29, 1.82) is 0 Å². The topological polar surface area (TPSA) is 26.3 Å². The third-order valence-electron chi connectivity index (χ3n) is 1.87. The van der Waals surface area contributed by atoms with Crippen LogP contribution in [-0.4, -0.2) is 13.1 Å². The fraction of sp³-hybridized carbons (Fsp3) is 0.250. The number of esters is 1.